The van der Waals surface area contributed by atoms with E-state index >= 15 is 0 Å². The van der Waals surface area contributed by atoms with Gasteiger partial charge in [0.15, 0.2) is 0 Å². The first-order valence-corrected chi connectivity index (χ1v) is 9.57. The summed E-state index contributed by atoms with van der Waals surface area (Å²) >= 11 is 0. The monoisotopic (exact) mass is 388 g/mol. The van der Waals surface area contributed by atoms with Crippen LogP contribution in [-0.2, 0) is 6.54 Å². The van der Waals surface area contributed by atoms with Gasteiger partial charge in [-0.2, -0.15) is 0 Å². The molecule has 0 unspecified atom stereocenters. The highest BCUT2D eigenvalue weighted by atomic mass is 35.5. The van der Waals surface area contributed by atoms with E-state index in [9.17, 15) is 0 Å². The van der Waals surface area contributed by atoms with Crippen LogP contribution in [-0.4, -0.2) is 49.1 Å². The largest absolute Gasteiger partial charge is 0.494 e. The molecule has 0 saturated carbocycles. The second-order valence-corrected chi connectivity index (χ2v) is 7.09. The third-order valence-corrected chi connectivity index (χ3v) is 5.11. The molecule has 2 heterocycles. The molecule has 2 aliphatic rings. The van der Waals surface area contributed by atoms with Gasteiger partial charge in [-0.15, -0.1) is 24.8 Å². The van der Waals surface area contributed by atoms with E-state index in [4.69, 9.17) is 4.74 Å². The Morgan fingerprint density at radius 3 is 1.88 bits per heavy atom. The van der Waals surface area contributed by atoms with Crippen LogP contribution in [0.1, 0.15) is 50.5 Å². The lowest BCUT2D eigenvalue weighted by molar-refractivity contribution is 0.205. The molecule has 0 aliphatic carbocycles. The molecule has 2 saturated heterocycles. The van der Waals surface area contributed by atoms with Crippen LogP contribution in [0.3, 0.4) is 0 Å². The molecule has 3 rings (SSSR count). The normalized spacial score (nSPS) is 18.9. The third kappa shape index (κ3) is 8.17. The van der Waals surface area contributed by atoms with Crippen molar-refractivity contribution in [2.75, 3.05) is 39.3 Å². The molecule has 5 heteroatoms. The maximum atomic E-state index is 5.90. The van der Waals surface area contributed by atoms with E-state index in [2.05, 4.69) is 34.1 Å². The number of benzene rings is 1. The predicted molar refractivity (Wildman–Crippen MR) is 110 cm³/mol. The maximum absolute atomic E-state index is 5.90. The van der Waals surface area contributed by atoms with Gasteiger partial charge in [-0.05, 0) is 76.0 Å². The molecule has 2 aliphatic heterocycles. The average molecular weight is 389 g/mol. The lowest BCUT2D eigenvalue weighted by atomic mass is 10.1. The van der Waals surface area contributed by atoms with Crippen molar-refractivity contribution in [1.82, 2.24) is 9.80 Å². The molecule has 1 aromatic carbocycles. The summed E-state index contributed by atoms with van der Waals surface area (Å²) in [5.74, 6) is 1.02. The number of rotatable bonds is 7. The summed E-state index contributed by atoms with van der Waals surface area (Å²) in [5, 5.41) is 0. The van der Waals surface area contributed by atoms with Crippen molar-refractivity contribution < 1.29 is 4.74 Å². The van der Waals surface area contributed by atoms with Gasteiger partial charge in [0, 0.05) is 13.1 Å². The first-order valence-electron chi connectivity index (χ1n) is 9.57. The van der Waals surface area contributed by atoms with E-state index in [0.29, 0.717) is 0 Å². The van der Waals surface area contributed by atoms with E-state index in [1.54, 1.807) is 0 Å². The Labute approximate surface area is 165 Å². The highest BCUT2D eigenvalue weighted by Crippen LogP contribution is 2.17. The van der Waals surface area contributed by atoms with E-state index in [1.807, 2.05) is 0 Å². The summed E-state index contributed by atoms with van der Waals surface area (Å²) in [6, 6.07) is 8.74. The van der Waals surface area contributed by atoms with Crippen LogP contribution in [0.25, 0.3) is 0 Å². The zero-order valence-electron chi connectivity index (χ0n) is 15.3. The number of piperidine rings is 2. The van der Waals surface area contributed by atoms with Gasteiger partial charge in [0.1, 0.15) is 5.75 Å². The summed E-state index contributed by atoms with van der Waals surface area (Å²) in [5.41, 5.74) is 1.41. The second kappa shape index (κ2) is 12.8. The van der Waals surface area contributed by atoms with Crippen LogP contribution in [0.4, 0.5) is 0 Å². The number of hydrogen-bond acceptors (Lipinski definition) is 3. The highest BCUT2D eigenvalue weighted by Gasteiger charge is 2.11. The third-order valence-electron chi connectivity index (χ3n) is 5.11. The Hall–Kier alpha value is -0.480. The fourth-order valence-electron chi connectivity index (χ4n) is 3.73. The molecule has 144 valence electrons. The fourth-order valence-corrected chi connectivity index (χ4v) is 3.73. The number of likely N-dealkylation sites (tertiary alicyclic amines) is 2. The van der Waals surface area contributed by atoms with Crippen LogP contribution >= 0.6 is 24.8 Å². The molecule has 0 spiro atoms. The molecule has 0 atom stereocenters. The Morgan fingerprint density at radius 2 is 1.28 bits per heavy atom. The summed E-state index contributed by atoms with van der Waals surface area (Å²) in [6.45, 7) is 8.20. The Morgan fingerprint density at radius 1 is 0.720 bits per heavy atom. The topological polar surface area (TPSA) is 15.7 Å². The zero-order chi connectivity index (χ0) is 15.7. The second-order valence-electron chi connectivity index (χ2n) is 7.09. The standard InChI is InChI=1S/C20H32N2O.2ClH/c1-3-12-21(13-4-1)16-7-17-23-20-10-8-19(9-11-20)18-22-14-5-2-6-15-22;;/h8-11H,1-7,12-18H2;2*1H. The summed E-state index contributed by atoms with van der Waals surface area (Å²) in [4.78, 5) is 5.15. The van der Waals surface area contributed by atoms with Crippen molar-refractivity contribution >= 4 is 24.8 Å². The Bertz CT molecular complexity index is 444. The quantitative estimate of drug-likeness (QED) is 0.625. The van der Waals surface area contributed by atoms with Crippen LogP contribution < -0.4 is 4.74 Å². The molecule has 0 amide bonds. The van der Waals surface area contributed by atoms with Crippen molar-refractivity contribution in [2.24, 2.45) is 0 Å². The fraction of sp³-hybridized carbons (Fsp3) is 0.700. The van der Waals surface area contributed by atoms with Crippen molar-refractivity contribution in [2.45, 2.75) is 51.5 Å². The van der Waals surface area contributed by atoms with E-state index < -0.39 is 0 Å². The maximum Gasteiger partial charge on any atom is 0.119 e. The van der Waals surface area contributed by atoms with Gasteiger partial charge in [-0.3, -0.25) is 4.90 Å². The number of nitrogens with zero attached hydrogens (tertiary/aromatic N) is 2. The van der Waals surface area contributed by atoms with E-state index in [0.717, 1.165) is 25.3 Å². The number of hydrogen-bond donors (Lipinski definition) is 0. The molecule has 3 nitrogen and oxygen atoms in total. The average Bonchev–Trinajstić information content (AvgIpc) is 2.62. The summed E-state index contributed by atoms with van der Waals surface area (Å²) in [7, 11) is 0. The van der Waals surface area contributed by atoms with Crippen molar-refractivity contribution in [3.8, 4) is 5.75 Å². The van der Waals surface area contributed by atoms with Gasteiger partial charge in [0.05, 0.1) is 6.61 Å². The first-order chi connectivity index (χ1) is 11.4. The molecule has 0 aromatic heterocycles. The lowest BCUT2D eigenvalue weighted by Crippen LogP contribution is -2.31. The van der Waals surface area contributed by atoms with Crippen molar-refractivity contribution in [3.63, 3.8) is 0 Å². The smallest absolute Gasteiger partial charge is 0.119 e. The van der Waals surface area contributed by atoms with Crippen LogP contribution in [0.2, 0.25) is 0 Å². The van der Waals surface area contributed by atoms with Gasteiger partial charge in [-0.1, -0.05) is 25.0 Å². The van der Waals surface area contributed by atoms with Gasteiger partial charge >= 0.3 is 0 Å². The van der Waals surface area contributed by atoms with Crippen molar-refractivity contribution in [3.05, 3.63) is 29.8 Å². The van der Waals surface area contributed by atoms with Gasteiger partial charge in [-0.25, -0.2) is 0 Å². The molecule has 0 N–H and O–H groups in total. The van der Waals surface area contributed by atoms with Crippen molar-refractivity contribution in [1.29, 1.82) is 0 Å². The minimum atomic E-state index is 0. The van der Waals surface area contributed by atoms with Gasteiger partial charge in [0.25, 0.3) is 0 Å². The number of halogens is 2. The minimum Gasteiger partial charge on any atom is -0.494 e. The Balaban J connectivity index is 0.00000156. The SMILES string of the molecule is Cl.Cl.c1cc(OCCCN2CCCCC2)ccc1CN1CCCCC1. The molecule has 0 bridgehead atoms. The highest BCUT2D eigenvalue weighted by molar-refractivity contribution is 5.85. The number of ether oxygens (including phenoxy) is 1. The molecule has 0 radical (unpaired) electrons. The lowest BCUT2D eigenvalue weighted by Gasteiger charge is -2.26. The Kier molecular flexibility index (Phi) is 11.6. The molecule has 1 aromatic rings. The first kappa shape index (κ1) is 22.6. The predicted octanol–water partition coefficient (Wildman–Crippen LogP) is 4.77. The van der Waals surface area contributed by atoms with Gasteiger partial charge in [0.2, 0.25) is 0 Å². The van der Waals surface area contributed by atoms with Crippen LogP contribution in [0.5, 0.6) is 5.75 Å². The van der Waals surface area contributed by atoms with E-state index in [-0.39, 0.29) is 24.8 Å². The zero-order valence-corrected chi connectivity index (χ0v) is 17.0. The summed E-state index contributed by atoms with van der Waals surface area (Å²) in [6.07, 6.45) is 9.42. The molecular formula is C20H34Cl2N2O. The molecular weight excluding hydrogens is 355 g/mol. The molecule has 25 heavy (non-hydrogen) atoms. The van der Waals surface area contributed by atoms with Gasteiger partial charge < -0.3 is 9.64 Å². The van der Waals surface area contributed by atoms with Crippen LogP contribution in [0, 0.1) is 0 Å². The molecule has 2 fully saturated rings. The minimum absolute atomic E-state index is 0. The van der Waals surface area contributed by atoms with E-state index in [1.165, 1.54) is 76.8 Å². The summed E-state index contributed by atoms with van der Waals surface area (Å²) < 4.78 is 5.90. The van der Waals surface area contributed by atoms with Crippen LogP contribution in [0.15, 0.2) is 24.3 Å².